The van der Waals surface area contributed by atoms with E-state index < -0.39 is 0 Å². The van der Waals surface area contributed by atoms with Gasteiger partial charge in [0.1, 0.15) is 0 Å². The molecule has 0 bridgehead atoms. The second-order valence-electron chi connectivity index (χ2n) is 9.16. The van der Waals surface area contributed by atoms with Crippen molar-refractivity contribution in [1.82, 2.24) is 0 Å². The van der Waals surface area contributed by atoms with Gasteiger partial charge in [-0.05, 0) is 30.6 Å². The molecule has 28 heavy (non-hydrogen) atoms. The molecule has 0 saturated heterocycles. The molecule has 0 aromatic carbocycles. The molecule has 1 unspecified atom stereocenters. The Bertz CT molecular complexity index is 390. The van der Waals surface area contributed by atoms with Gasteiger partial charge in [-0.15, -0.1) is 0 Å². The summed E-state index contributed by atoms with van der Waals surface area (Å²) in [6, 6.07) is 0. The Balaban J connectivity index is 3.36. The molecule has 1 atom stereocenters. The fourth-order valence-corrected chi connectivity index (χ4v) is 2.99. The minimum atomic E-state index is -0.0475. The van der Waals surface area contributed by atoms with Crippen LogP contribution in [0.5, 0.6) is 0 Å². The van der Waals surface area contributed by atoms with Crippen molar-refractivity contribution in [3.63, 3.8) is 0 Å². The molecule has 0 saturated carbocycles. The second kappa shape index (κ2) is 18.0. The van der Waals surface area contributed by atoms with Crippen LogP contribution in [-0.4, -0.2) is 25.2 Å². The molecule has 166 valence electrons. The Morgan fingerprint density at radius 1 is 0.571 bits per heavy atom. The van der Waals surface area contributed by atoms with E-state index in [1.54, 1.807) is 0 Å². The summed E-state index contributed by atoms with van der Waals surface area (Å²) >= 11 is 0. The fourth-order valence-electron chi connectivity index (χ4n) is 2.99. The maximum Gasteiger partial charge on any atom is 0.305 e. The number of carbonyl (C=O) groups is 2. The largest absolute Gasteiger partial charge is 0.465 e. The molecular weight excluding hydrogens is 352 g/mol. The lowest BCUT2D eigenvalue weighted by atomic mass is 9.97. The highest BCUT2D eigenvalue weighted by Crippen LogP contribution is 2.17. The van der Waals surface area contributed by atoms with Gasteiger partial charge in [-0.1, -0.05) is 86.0 Å². The average Bonchev–Trinajstić information content (AvgIpc) is 2.64. The van der Waals surface area contributed by atoms with Crippen molar-refractivity contribution in [3.8, 4) is 0 Å². The average molecular weight is 399 g/mol. The minimum Gasteiger partial charge on any atom is -0.465 e. The van der Waals surface area contributed by atoms with Gasteiger partial charge in [0.05, 0.1) is 13.2 Å². The molecule has 0 aliphatic heterocycles. The van der Waals surface area contributed by atoms with Crippen molar-refractivity contribution in [2.45, 2.75) is 112 Å². The first-order chi connectivity index (χ1) is 13.3. The molecular formula is C24H46O4. The summed E-state index contributed by atoms with van der Waals surface area (Å²) < 4.78 is 10.4. The highest BCUT2D eigenvalue weighted by atomic mass is 16.5. The third-order valence-electron chi connectivity index (χ3n) is 4.82. The van der Waals surface area contributed by atoms with Gasteiger partial charge >= 0.3 is 11.9 Å². The van der Waals surface area contributed by atoms with Crippen LogP contribution in [0.1, 0.15) is 112 Å². The van der Waals surface area contributed by atoms with Crippen LogP contribution in [0.2, 0.25) is 0 Å². The highest BCUT2D eigenvalue weighted by Gasteiger charge is 2.08. The summed E-state index contributed by atoms with van der Waals surface area (Å²) in [7, 11) is 0. The van der Waals surface area contributed by atoms with E-state index in [-0.39, 0.29) is 11.9 Å². The quantitative estimate of drug-likeness (QED) is 0.190. The van der Waals surface area contributed by atoms with Crippen molar-refractivity contribution in [2.24, 2.45) is 17.8 Å². The number of rotatable bonds is 18. The van der Waals surface area contributed by atoms with Gasteiger partial charge in [-0.25, -0.2) is 0 Å². The third kappa shape index (κ3) is 19.7. The van der Waals surface area contributed by atoms with E-state index in [2.05, 4.69) is 34.6 Å². The zero-order valence-electron chi connectivity index (χ0n) is 19.3. The lowest BCUT2D eigenvalue weighted by Crippen LogP contribution is -2.11. The molecule has 0 fully saturated rings. The monoisotopic (exact) mass is 398 g/mol. The fraction of sp³-hybridized carbons (Fsp3) is 0.917. The first-order valence-electron chi connectivity index (χ1n) is 11.6. The van der Waals surface area contributed by atoms with Crippen LogP contribution in [-0.2, 0) is 19.1 Å². The molecule has 0 spiro atoms. The predicted molar refractivity (Wildman–Crippen MR) is 116 cm³/mol. The van der Waals surface area contributed by atoms with Crippen LogP contribution in [0.3, 0.4) is 0 Å². The van der Waals surface area contributed by atoms with E-state index in [1.165, 1.54) is 44.9 Å². The molecule has 0 aliphatic carbocycles. The summed E-state index contributed by atoms with van der Waals surface area (Å²) in [6.07, 6.45) is 12.9. The number of carbonyl (C=O) groups excluding carboxylic acids is 2. The summed E-state index contributed by atoms with van der Waals surface area (Å²) in [4.78, 5) is 23.1. The van der Waals surface area contributed by atoms with Crippen LogP contribution in [0.15, 0.2) is 0 Å². The van der Waals surface area contributed by atoms with Crippen LogP contribution < -0.4 is 0 Å². The van der Waals surface area contributed by atoms with Crippen LogP contribution >= 0.6 is 0 Å². The Hall–Kier alpha value is -1.06. The Labute approximate surface area is 174 Å². The molecule has 0 amide bonds. The van der Waals surface area contributed by atoms with E-state index in [0.29, 0.717) is 43.8 Å². The van der Waals surface area contributed by atoms with Crippen LogP contribution in [0, 0.1) is 17.8 Å². The third-order valence-corrected chi connectivity index (χ3v) is 4.82. The topological polar surface area (TPSA) is 52.6 Å². The van der Waals surface area contributed by atoms with E-state index in [9.17, 15) is 9.59 Å². The number of ether oxygens (including phenoxy) is 2. The lowest BCUT2D eigenvalue weighted by molar-refractivity contribution is -0.145. The van der Waals surface area contributed by atoms with Crippen LogP contribution in [0.25, 0.3) is 0 Å². The smallest absolute Gasteiger partial charge is 0.305 e. The van der Waals surface area contributed by atoms with Gasteiger partial charge < -0.3 is 9.47 Å². The summed E-state index contributed by atoms with van der Waals surface area (Å²) in [5, 5.41) is 0. The number of hydrogen-bond acceptors (Lipinski definition) is 4. The van der Waals surface area contributed by atoms with Gasteiger partial charge in [0.15, 0.2) is 0 Å². The number of unbranched alkanes of at least 4 members (excludes halogenated alkanes) is 7. The van der Waals surface area contributed by atoms with E-state index in [4.69, 9.17) is 9.47 Å². The van der Waals surface area contributed by atoms with Gasteiger partial charge in [-0.3, -0.25) is 9.59 Å². The van der Waals surface area contributed by atoms with Gasteiger partial charge in [0, 0.05) is 12.8 Å². The molecule has 4 heteroatoms. The maximum absolute atomic E-state index is 11.6. The first-order valence-corrected chi connectivity index (χ1v) is 11.6. The van der Waals surface area contributed by atoms with Gasteiger partial charge in [-0.2, -0.15) is 0 Å². The van der Waals surface area contributed by atoms with Crippen molar-refractivity contribution >= 4 is 11.9 Å². The van der Waals surface area contributed by atoms with Crippen molar-refractivity contribution in [2.75, 3.05) is 13.2 Å². The van der Waals surface area contributed by atoms with E-state index in [0.717, 1.165) is 19.3 Å². The maximum atomic E-state index is 11.6. The number of hydrogen-bond donors (Lipinski definition) is 0. The Kier molecular flexibility index (Phi) is 17.3. The second-order valence-corrected chi connectivity index (χ2v) is 9.16. The van der Waals surface area contributed by atoms with Crippen molar-refractivity contribution < 1.29 is 19.1 Å². The van der Waals surface area contributed by atoms with Gasteiger partial charge in [0.25, 0.3) is 0 Å². The summed E-state index contributed by atoms with van der Waals surface area (Å²) in [6.45, 7) is 11.5. The SMILES string of the molecule is CC(C)COC(=O)CCCCCCCCCCC(C)CCC(=O)OCC(C)C. The molecule has 4 nitrogen and oxygen atoms in total. The Morgan fingerprint density at radius 2 is 1.00 bits per heavy atom. The molecule has 0 heterocycles. The molecule has 0 aromatic rings. The zero-order chi connectivity index (χ0) is 21.2. The zero-order valence-corrected chi connectivity index (χ0v) is 19.3. The molecule has 0 rings (SSSR count). The standard InChI is InChI=1S/C24H46O4/c1-20(2)18-27-23(25)15-13-11-9-7-6-8-10-12-14-22(5)16-17-24(26)28-19-21(3)4/h20-22H,6-19H2,1-5H3. The Morgan fingerprint density at radius 3 is 1.50 bits per heavy atom. The molecule has 0 aliphatic rings. The predicted octanol–water partition coefficient (Wildman–Crippen LogP) is 6.70. The number of esters is 2. The molecule has 0 aromatic heterocycles. The first kappa shape index (κ1) is 26.9. The highest BCUT2D eigenvalue weighted by molar-refractivity contribution is 5.69. The van der Waals surface area contributed by atoms with E-state index >= 15 is 0 Å². The van der Waals surface area contributed by atoms with Gasteiger partial charge in [0.2, 0.25) is 0 Å². The van der Waals surface area contributed by atoms with Crippen LogP contribution in [0.4, 0.5) is 0 Å². The summed E-state index contributed by atoms with van der Waals surface area (Å²) in [5.41, 5.74) is 0. The van der Waals surface area contributed by atoms with Crippen molar-refractivity contribution in [3.05, 3.63) is 0 Å². The van der Waals surface area contributed by atoms with E-state index in [1.807, 2.05) is 0 Å². The normalized spacial score (nSPS) is 12.4. The molecule has 0 N–H and O–H groups in total. The van der Waals surface area contributed by atoms with Crippen molar-refractivity contribution in [1.29, 1.82) is 0 Å². The summed E-state index contributed by atoms with van der Waals surface area (Å²) in [5.74, 6) is 1.33. The molecule has 0 radical (unpaired) electrons. The minimum absolute atomic E-state index is 0.0454. The lowest BCUT2D eigenvalue weighted by Gasteiger charge is -2.11.